The van der Waals surface area contributed by atoms with Crippen molar-refractivity contribution in [3.8, 4) is 0 Å². The molecule has 0 radical (unpaired) electrons. The van der Waals surface area contributed by atoms with E-state index in [-0.39, 0.29) is 15.6 Å². The lowest BCUT2D eigenvalue weighted by Gasteiger charge is -2.20. The van der Waals surface area contributed by atoms with Gasteiger partial charge in [-0.15, -0.1) is 0 Å². The van der Waals surface area contributed by atoms with Gasteiger partial charge in [-0.05, 0) is 30.3 Å². The lowest BCUT2D eigenvalue weighted by molar-refractivity contribution is 0.589. The second-order valence-corrected chi connectivity index (χ2v) is 7.26. The zero-order chi connectivity index (χ0) is 14.9. The molecule has 0 aromatic heterocycles. The van der Waals surface area contributed by atoms with Gasteiger partial charge in [-0.2, -0.15) is 0 Å². The van der Waals surface area contributed by atoms with Crippen LogP contribution < -0.4 is 4.31 Å². The SMILES string of the molecule is CN(c1ccccc1F)S(=O)(=O)c1ccc(Br)cc1Cl. The van der Waals surface area contributed by atoms with E-state index >= 15 is 0 Å². The number of hydrogen-bond donors (Lipinski definition) is 0. The van der Waals surface area contributed by atoms with Crippen molar-refractivity contribution >= 4 is 43.2 Å². The first kappa shape index (κ1) is 15.3. The van der Waals surface area contributed by atoms with E-state index in [2.05, 4.69) is 15.9 Å². The third-order valence-corrected chi connectivity index (χ3v) is 5.47. The molecule has 0 spiro atoms. The maximum Gasteiger partial charge on any atom is 0.265 e. The van der Waals surface area contributed by atoms with Gasteiger partial charge >= 0.3 is 0 Å². The highest BCUT2D eigenvalue weighted by atomic mass is 79.9. The summed E-state index contributed by atoms with van der Waals surface area (Å²) in [6.45, 7) is 0. The van der Waals surface area contributed by atoms with Crippen LogP contribution in [0.2, 0.25) is 5.02 Å². The highest BCUT2D eigenvalue weighted by molar-refractivity contribution is 9.10. The van der Waals surface area contributed by atoms with E-state index in [9.17, 15) is 12.8 Å². The number of halogens is 3. The van der Waals surface area contributed by atoms with Gasteiger partial charge in [0.1, 0.15) is 10.7 Å². The molecule has 0 saturated carbocycles. The van der Waals surface area contributed by atoms with Crippen LogP contribution in [0.1, 0.15) is 0 Å². The van der Waals surface area contributed by atoms with E-state index in [0.29, 0.717) is 4.47 Å². The number of benzene rings is 2. The number of hydrogen-bond acceptors (Lipinski definition) is 2. The van der Waals surface area contributed by atoms with Gasteiger partial charge in [0.05, 0.1) is 10.7 Å². The van der Waals surface area contributed by atoms with Crippen LogP contribution >= 0.6 is 27.5 Å². The summed E-state index contributed by atoms with van der Waals surface area (Å²) in [6, 6.07) is 10.1. The zero-order valence-corrected chi connectivity index (χ0v) is 13.5. The minimum atomic E-state index is -3.92. The smallest absolute Gasteiger partial charge is 0.265 e. The topological polar surface area (TPSA) is 37.4 Å². The summed E-state index contributed by atoms with van der Waals surface area (Å²) in [5.41, 5.74) is -0.0357. The molecule has 0 N–H and O–H groups in total. The first-order valence-electron chi connectivity index (χ1n) is 5.52. The molecule has 0 saturated heterocycles. The van der Waals surface area contributed by atoms with Gasteiger partial charge in [-0.25, -0.2) is 12.8 Å². The summed E-state index contributed by atoms with van der Waals surface area (Å²) in [5, 5.41) is 0.0718. The van der Waals surface area contributed by atoms with Crippen molar-refractivity contribution in [1.82, 2.24) is 0 Å². The summed E-state index contributed by atoms with van der Waals surface area (Å²) in [4.78, 5) is -0.0758. The Morgan fingerprint density at radius 1 is 1.20 bits per heavy atom. The van der Waals surface area contributed by atoms with Crippen molar-refractivity contribution in [2.45, 2.75) is 4.90 Å². The van der Waals surface area contributed by atoms with Crippen LogP contribution in [-0.4, -0.2) is 15.5 Å². The van der Waals surface area contributed by atoms with Gasteiger partial charge in [-0.3, -0.25) is 4.31 Å². The van der Waals surface area contributed by atoms with Crippen LogP contribution in [0.5, 0.6) is 0 Å². The molecule has 106 valence electrons. The van der Waals surface area contributed by atoms with Gasteiger partial charge in [-0.1, -0.05) is 39.7 Å². The quantitative estimate of drug-likeness (QED) is 0.807. The number of anilines is 1. The highest BCUT2D eigenvalue weighted by Crippen LogP contribution is 2.30. The van der Waals surface area contributed by atoms with Crippen molar-refractivity contribution in [3.63, 3.8) is 0 Å². The molecule has 0 bridgehead atoms. The van der Waals surface area contributed by atoms with Crippen molar-refractivity contribution in [2.24, 2.45) is 0 Å². The first-order valence-corrected chi connectivity index (χ1v) is 8.13. The fourth-order valence-corrected chi connectivity index (χ4v) is 3.88. The van der Waals surface area contributed by atoms with Crippen LogP contribution in [0.15, 0.2) is 51.8 Å². The third kappa shape index (κ3) is 2.82. The fraction of sp³-hybridized carbons (Fsp3) is 0.0769. The number of para-hydroxylation sites is 1. The Morgan fingerprint density at radius 3 is 2.45 bits per heavy atom. The molecule has 0 aliphatic carbocycles. The fourth-order valence-electron chi connectivity index (χ4n) is 1.67. The van der Waals surface area contributed by atoms with Gasteiger partial charge in [0.15, 0.2) is 0 Å². The standard InChI is InChI=1S/C13H10BrClFNO2S/c1-17(12-5-3-2-4-11(12)16)20(18,19)13-7-6-9(14)8-10(13)15/h2-8H,1H3. The lowest BCUT2D eigenvalue weighted by atomic mass is 10.3. The summed E-state index contributed by atoms with van der Waals surface area (Å²) < 4.78 is 40.2. The third-order valence-electron chi connectivity index (χ3n) is 2.72. The molecule has 0 heterocycles. The van der Waals surface area contributed by atoms with E-state index in [1.165, 1.54) is 37.4 Å². The number of nitrogens with zero attached hydrogens (tertiary/aromatic N) is 1. The van der Waals surface area contributed by atoms with Crippen molar-refractivity contribution < 1.29 is 12.8 Å². The van der Waals surface area contributed by atoms with E-state index in [1.807, 2.05) is 0 Å². The summed E-state index contributed by atoms with van der Waals surface area (Å²) in [6.07, 6.45) is 0. The summed E-state index contributed by atoms with van der Waals surface area (Å²) in [7, 11) is -2.64. The van der Waals surface area contributed by atoms with Crippen molar-refractivity contribution in [2.75, 3.05) is 11.4 Å². The molecule has 0 unspecified atom stereocenters. The normalized spacial score (nSPS) is 11.4. The predicted octanol–water partition coefficient (Wildman–Crippen LogP) is 4.07. The van der Waals surface area contributed by atoms with Crippen molar-refractivity contribution in [1.29, 1.82) is 0 Å². The molecule has 2 aromatic carbocycles. The molecule has 2 rings (SSSR count). The van der Waals surface area contributed by atoms with Gasteiger partial charge in [0.2, 0.25) is 0 Å². The molecular weight excluding hydrogens is 369 g/mol. The van der Waals surface area contributed by atoms with E-state index in [1.54, 1.807) is 12.1 Å². The minimum absolute atomic E-state index is 0.0357. The monoisotopic (exact) mass is 377 g/mol. The molecule has 0 amide bonds. The lowest BCUT2D eigenvalue weighted by Crippen LogP contribution is -2.27. The van der Waals surface area contributed by atoms with E-state index in [4.69, 9.17) is 11.6 Å². The minimum Gasteiger partial charge on any atom is -0.266 e. The average Bonchev–Trinajstić information content (AvgIpc) is 2.38. The van der Waals surface area contributed by atoms with E-state index in [0.717, 1.165) is 4.31 Å². The Labute approximate surface area is 130 Å². The Kier molecular flexibility index (Phi) is 4.36. The van der Waals surface area contributed by atoms with Gasteiger partial charge in [0, 0.05) is 11.5 Å². The average molecular weight is 379 g/mol. The van der Waals surface area contributed by atoms with Gasteiger partial charge < -0.3 is 0 Å². The molecule has 3 nitrogen and oxygen atoms in total. The van der Waals surface area contributed by atoms with Crippen LogP contribution in [0, 0.1) is 5.82 Å². The second-order valence-electron chi connectivity index (χ2n) is 4.00. The summed E-state index contributed by atoms with van der Waals surface area (Å²) >= 11 is 9.16. The van der Waals surface area contributed by atoms with E-state index < -0.39 is 15.8 Å². The number of rotatable bonds is 3. The van der Waals surface area contributed by atoms with Crippen molar-refractivity contribution in [3.05, 3.63) is 57.8 Å². The molecule has 2 aromatic rings. The highest BCUT2D eigenvalue weighted by Gasteiger charge is 2.25. The first-order chi connectivity index (χ1) is 9.34. The van der Waals surface area contributed by atoms with Crippen LogP contribution in [0.25, 0.3) is 0 Å². The number of sulfonamides is 1. The Bertz CT molecular complexity index is 752. The molecule has 0 aliphatic heterocycles. The molecule has 7 heteroatoms. The Balaban J connectivity index is 2.53. The molecule has 0 fully saturated rings. The molecule has 0 aliphatic rings. The maximum absolute atomic E-state index is 13.7. The second kappa shape index (κ2) is 5.71. The van der Waals surface area contributed by atoms with Crippen LogP contribution in [0.4, 0.5) is 10.1 Å². The molecular formula is C13H10BrClFNO2S. The van der Waals surface area contributed by atoms with Crippen LogP contribution in [0.3, 0.4) is 0 Å². The maximum atomic E-state index is 13.7. The Morgan fingerprint density at radius 2 is 1.85 bits per heavy atom. The predicted molar refractivity (Wildman–Crippen MR) is 81.1 cm³/mol. The van der Waals surface area contributed by atoms with Crippen LogP contribution in [-0.2, 0) is 10.0 Å². The summed E-state index contributed by atoms with van der Waals surface area (Å²) in [5.74, 6) is -0.619. The zero-order valence-electron chi connectivity index (χ0n) is 10.3. The Hall–Kier alpha value is -1.11. The largest absolute Gasteiger partial charge is 0.266 e. The van der Waals surface area contributed by atoms with Gasteiger partial charge in [0.25, 0.3) is 10.0 Å². The molecule has 20 heavy (non-hydrogen) atoms. The molecule has 0 atom stereocenters.